The van der Waals surface area contributed by atoms with Crippen LogP contribution in [0.4, 0.5) is 24.7 Å². The molecule has 0 aliphatic rings. The standard InChI is InChI=1S/C16H10F3N3O3.C3H9NO/c17-16(18,19)25-11-4-2-10(3-5-11)22-14-12-6-1-9(15(23)24)7-13(12)20-8-21-14;1-4-2-3-5/h1-8H,(H,23,24)(H,20,21,22);4-5H,2-3H2,1H3. The topological polar surface area (TPSA) is 117 Å². The van der Waals surface area contributed by atoms with Crippen LogP contribution in [0.15, 0.2) is 48.8 Å². The number of aliphatic hydroxyl groups excluding tert-OH is 1. The predicted octanol–water partition coefficient (Wildman–Crippen LogP) is 3.17. The van der Waals surface area contributed by atoms with E-state index in [1.54, 1.807) is 13.1 Å². The first kappa shape index (κ1) is 22.8. The minimum absolute atomic E-state index is 0.0887. The zero-order chi connectivity index (χ0) is 22.1. The number of likely N-dealkylation sites (N-methyl/N-ethyl adjacent to an activating group) is 1. The molecule has 1 aromatic heterocycles. The van der Waals surface area contributed by atoms with E-state index in [1.165, 1.54) is 42.7 Å². The van der Waals surface area contributed by atoms with E-state index in [9.17, 15) is 18.0 Å². The number of rotatable bonds is 6. The van der Waals surface area contributed by atoms with E-state index in [2.05, 4.69) is 25.3 Å². The number of nitrogens with one attached hydrogen (secondary N) is 2. The lowest BCUT2D eigenvalue weighted by atomic mass is 10.1. The van der Waals surface area contributed by atoms with Crippen molar-refractivity contribution in [3.05, 3.63) is 54.4 Å². The molecule has 0 spiro atoms. The van der Waals surface area contributed by atoms with Gasteiger partial charge in [-0.3, -0.25) is 0 Å². The van der Waals surface area contributed by atoms with Gasteiger partial charge in [0.05, 0.1) is 17.7 Å². The van der Waals surface area contributed by atoms with Crippen molar-refractivity contribution in [3.8, 4) is 5.75 Å². The van der Waals surface area contributed by atoms with Crippen molar-refractivity contribution in [2.45, 2.75) is 6.36 Å². The summed E-state index contributed by atoms with van der Waals surface area (Å²) in [5, 5.41) is 23.3. The molecule has 0 amide bonds. The summed E-state index contributed by atoms with van der Waals surface area (Å²) in [5.74, 6) is -1.02. The van der Waals surface area contributed by atoms with Gasteiger partial charge in [-0.2, -0.15) is 0 Å². The largest absolute Gasteiger partial charge is 0.573 e. The molecule has 2 aromatic carbocycles. The normalized spacial score (nSPS) is 10.8. The van der Waals surface area contributed by atoms with Crippen LogP contribution >= 0.6 is 0 Å². The summed E-state index contributed by atoms with van der Waals surface area (Å²) in [5.41, 5.74) is 0.997. The number of carbonyl (C=O) groups is 1. The SMILES string of the molecule is CNCCO.O=C(O)c1ccc2c(Nc3ccc(OC(F)(F)F)cc3)ncnc2c1. The highest BCUT2D eigenvalue weighted by Crippen LogP contribution is 2.27. The van der Waals surface area contributed by atoms with Crippen molar-refractivity contribution in [1.82, 2.24) is 15.3 Å². The maximum absolute atomic E-state index is 12.2. The molecular formula is C19H19F3N4O4. The number of ether oxygens (including phenoxy) is 1. The van der Waals surface area contributed by atoms with Crippen LogP contribution in [0.25, 0.3) is 10.9 Å². The molecule has 160 valence electrons. The van der Waals surface area contributed by atoms with Crippen molar-refractivity contribution in [2.24, 2.45) is 0 Å². The highest BCUT2D eigenvalue weighted by Gasteiger charge is 2.30. The Morgan fingerprint density at radius 1 is 1.13 bits per heavy atom. The minimum atomic E-state index is -4.75. The lowest BCUT2D eigenvalue weighted by Crippen LogP contribution is -2.16. The number of halogens is 3. The summed E-state index contributed by atoms with van der Waals surface area (Å²) in [6, 6.07) is 9.53. The molecule has 0 unspecified atom stereocenters. The first-order valence-electron chi connectivity index (χ1n) is 8.60. The average Bonchev–Trinajstić information content (AvgIpc) is 2.69. The van der Waals surface area contributed by atoms with Gasteiger partial charge in [-0.25, -0.2) is 14.8 Å². The number of hydrogen-bond donors (Lipinski definition) is 4. The van der Waals surface area contributed by atoms with E-state index in [0.29, 0.717) is 29.0 Å². The van der Waals surface area contributed by atoms with E-state index in [1.807, 2.05) is 0 Å². The lowest BCUT2D eigenvalue weighted by molar-refractivity contribution is -0.274. The molecule has 8 nitrogen and oxygen atoms in total. The Labute approximate surface area is 169 Å². The van der Waals surface area contributed by atoms with Gasteiger partial charge in [0.2, 0.25) is 0 Å². The molecule has 0 bridgehead atoms. The highest BCUT2D eigenvalue weighted by atomic mass is 19.4. The van der Waals surface area contributed by atoms with Crippen molar-refractivity contribution in [2.75, 3.05) is 25.5 Å². The van der Waals surface area contributed by atoms with Crippen LogP contribution in [0.1, 0.15) is 10.4 Å². The fourth-order valence-electron chi connectivity index (χ4n) is 2.28. The van der Waals surface area contributed by atoms with E-state index in [-0.39, 0.29) is 17.9 Å². The molecular weight excluding hydrogens is 405 g/mol. The Balaban J connectivity index is 0.000000575. The molecule has 0 saturated heterocycles. The molecule has 11 heteroatoms. The van der Waals surface area contributed by atoms with Gasteiger partial charge in [0.15, 0.2) is 0 Å². The Bertz CT molecular complexity index is 980. The molecule has 1 heterocycles. The number of fused-ring (bicyclic) bond motifs is 1. The van der Waals surface area contributed by atoms with Gasteiger partial charge in [-0.05, 0) is 49.5 Å². The first-order valence-corrected chi connectivity index (χ1v) is 8.60. The van der Waals surface area contributed by atoms with Crippen LogP contribution in [0.3, 0.4) is 0 Å². The summed E-state index contributed by atoms with van der Waals surface area (Å²) in [6.07, 6.45) is -3.49. The summed E-state index contributed by atoms with van der Waals surface area (Å²) in [4.78, 5) is 19.1. The van der Waals surface area contributed by atoms with Gasteiger partial charge < -0.3 is 25.6 Å². The number of benzene rings is 2. The van der Waals surface area contributed by atoms with Crippen LogP contribution in [0.2, 0.25) is 0 Å². The van der Waals surface area contributed by atoms with Crippen LogP contribution in [0, 0.1) is 0 Å². The summed E-state index contributed by atoms with van der Waals surface area (Å²) < 4.78 is 40.3. The maximum atomic E-state index is 12.2. The van der Waals surface area contributed by atoms with Gasteiger partial charge in [-0.1, -0.05) is 0 Å². The zero-order valence-corrected chi connectivity index (χ0v) is 15.8. The lowest BCUT2D eigenvalue weighted by Gasteiger charge is -2.11. The highest BCUT2D eigenvalue weighted by molar-refractivity contribution is 5.97. The number of alkyl halides is 3. The first-order chi connectivity index (χ1) is 14.2. The molecule has 4 N–H and O–H groups in total. The third kappa shape index (κ3) is 6.87. The number of carboxylic acids is 1. The van der Waals surface area contributed by atoms with Crippen molar-refractivity contribution < 1.29 is 32.9 Å². The van der Waals surface area contributed by atoms with Crippen molar-refractivity contribution >= 4 is 28.4 Å². The fraction of sp³-hybridized carbons (Fsp3) is 0.211. The molecule has 0 aliphatic heterocycles. The minimum Gasteiger partial charge on any atom is -0.478 e. The quantitative estimate of drug-likeness (QED) is 0.477. The second kappa shape index (κ2) is 10.4. The Hall–Kier alpha value is -3.44. The smallest absolute Gasteiger partial charge is 0.478 e. The molecule has 0 fully saturated rings. The predicted molar refractivity (Wildman–Crippen MR) is 104 cm³/mol. The third-order valence-corrected chi connectivity index (χ3v) is 3.60. The van der Waals surface area contributed by atoms with Crippen molar-refractivity contribution in [1.29, 1.82) is 0 Å². The van der Waals surface area contributed by atoms with Crippen LogP contribution in [0.5, 0.6) is 5.75 Å². The molecule has 0 aliphatic carbocycles. The van der Waals surface area contributed by atoms with E-state index < -0.39 is 12.3 Å². The van der Waals surface area contributed by atoms with Gasteiger partial charge in [-0.15, -0.1) is 13.2 Å². The van der Waals surface area contributed by atoms with E-state index in [0.717, 1.165) is 0 Å². The van der Waals surface area contributed by atoms with Gasteiger partial charge >= 0.3 is 12.3 Å². The number of aromatic carboxylic acids is 1. The number of anilines is 2. The van der Waals surface area contributed by atoms with Crippen LogP contribution < -0.4 is 15.4 Å². The summed E-state index contributed by atoms with van der Waals surface area (Å²) >= 11 is 0. The number of aromatic nitrogens is 2. The van der Waals surface area contributed by atoms with E-state index >= 15 is 0 Å². The number of hydrogen-bond acceptors (Lipinski definition) is 7. The van der Waals surface area contributed by atoms with Gasteiger partial charge in [0.1, 0.15) is 17.9 Å². The molecule has 0 atom stereocenters. The van der Waals surface area contributed by atoms with Crippen LogP contribution in [-0.2, 0) is 0 Å². The number of carboxylic acid groups (broad SMARTS) is 1. The van der Waals surface area contributed by atoms with Gasteiger partial charge in [0, 0.05) is 17.6 Å². The second-order valence-corrected chi connectivity index (χ2v) is 5.78. The summed E-state index contributed by atoms with van der Waals surface area (Å²) in [7, 11) is 1.80. The van der Waals surface area contributed by atoms with Crippen LogP contribution in [-0.4, -0.2) is 52.7 Å². The monoisotopic (exact) mass is 424 g/mol. The molecule has 3 aromatic rings. The Morgan fingerprint density at radius 2 is 1.83 bits per heavy atom. The van der Waals surface area contributed by atoms with E-state index in [4.69, 9.17) is 10.2 Å². The number of aliphatic hydroxyl groups is 1. The maximum Gasteiger partial charge on any atom is 0.573 e. The van der Waals surface area contributed by atoms with Gasteiger partial charge in [0.25, 0.3) is 0 Å². The molecule has 3 rings (SSSR count). The second-order valence-electron chi connectivity index (χ2n) is 5.78. The Morgan fingerprint density at radius 3 is 2.37 bits per heavy atom. The Kier molecular flexibility index (Phi) is 7.90. The molecule has 30 heavy (non-hydrogen) atoms. The summed E-state index contributed by atoms with van der Waals surface area (Å²) in [6.45, 7) is 0.927. The average molecular weight is 424 g/mol. The fourth-order valence-corrected chi connectivity index (χ4v) is 2.28. The number of nitrogens with zero attached hydrogens (tertiary/aromatic N) is 2. The molecule has 0 radical (unpaired) electrons. The van der Waals surface area contributed by atoms with Crippen molar-refractivity contribution in [3.63, 3.8) is 0 Å². The zero-order valence-electron chi connectivity index (χ0n) is 15.8. The molecule has 0 saturated carbocycles. The third-order valence-electron chi connectivity index (χ3n) is 3.60.